The van der Waals surface area contributed by atoms with Gasteiger partial charge in [-0.25, -0.2) is 0 Å². The molecule has 0 aromatic carbocycles. The highest BCUT2D eigenvalue weighted by molar-refractivity contribution is 5.79. The monoisotopic (exact) mass is 396 g/mol. The molecule has 2 fully saturated rings. The molecule has 2 heterocycles. The summed E-state index contributed by atoms with van der Waals surface area (Å²) in [5, 5.41) is 6.82. The van der Waals surface area contributed by atoms with E-state index in [4.69, 9.17) is 9.47 Å². The molecule has 2 rings (SSSR count). The van der Waals surface area contributed by atoms with Crippen molar-refractivity contribution in [3.05, 3.63) is 0 Å². The van der Waals surface area contributed by atoms with Crippen LogP contribution in [-0.2, 0) is 9.47 Å². The Morgan fingerprint density at radius 1 is 1.04 bits per heavy atom. The fourth-order valence-corrected chi connectivity index (χ4v) is 3.89. The molecule has 0 unspecified atom stereocenters. The second-order valence-corrected chi connectivity index (χ2v) is 8.13. The maximum atomic E-state index is 5.82. The fourth-order valence-electron chi connectivity index (χ4n) is 3.89. The Labute approximate surface area is 172 Å². The Morgan fingerprint density at radius 3 is 2.64 bits per heavy atom. The predicted octanol–water partition coefficient (Wildman–Crippen LogP) is 3.03. The standard InChI is InChI=1S/C22H44N4O2/c1-2-23-22(24-12-5-3-6-14-26-15-7-4-8-16-26)25-13-9-17-28-20-21-10-18-27-19-11-21/h21H,2-20H2,1H3,(H2,23,24,25). The van der Waals surface area contributed by atoms with Crippen LogP contribution in [0.1, 0.15) is 64.7 Å². The van der Waals surface area contributed by atoms with Crippen LogP contribution in [0.25, 0.3) is 0 Å². The number of rotatable bonds is 13. The molecule has 0 saturated carbocycles. The van der Waals surface area contributed by atoms with E-state index in [1.807, 2.05) is 0 Å². The molecule has 0 bridgehead atoms. The number of unbranched alkanes of at least 4 members (excludes halogenated alkanes) is 2. The molecule has 6 nitrogen and oxygen atoms in total. The molecule has 28 heavy (non-hydrogen) atoms. The van der Waals surface area contributed by atoms with Crippen molar-refractivity contribution in [1.29, 1.82) is 0 Å². The molecular formula is C22H44N4O2. The number of piperidine rings is 1. The van der Waals surface area contributed by atoms with E-state index in [0.717, 1.165) is 71.3 Å². The number of aliphatic imine (C=N–C) groups is 1. The number of likely N-dealkylation sites (tertiary alicyclic amines) is 1. The normalized spacial score (nSPS) is 19.7. The van der Waals surface area contributed by atoms with Gasteiger partial charge in [0.15, 0.2) is 5.96 Å². The molecule has 2 N–H and O–H groups in total. The molecule has 0 spiro atoms. The van der Waals surface area contributed by atoms with Crippen LogP contribution in [0, 0.1) is 5.92 Å². The van der Waals surface area contributed by atoms with E-state index in [0.29, 0.717) is 5.92 Å². The lowest BCUT2D eigenvalue weighted by Crippen LogP contribution is -2.38. The SMILES string of the molecule is CCNC(=NCCCOCC1CCOCC1)NCCCCCN1CCCCC1. The topological polar surface area (TPSA) is 58.1 Å². The minimum Gasteiger partial charge on any atom is -0.381 e. The minimum atomic E-state index is 0.686. The summed E-state index contributed by atoms with van der Waals surface area (Å²) in [6.45, 7) is 12.2. The Balaban J connectivity index is 1.45. The number of hydrogen-bond acceptors (Lipinski definition) is 4. The Hall–Kier alpha value is -0.850. The van der Waals surface area contributed by atoms with Crippen LogP contribution in [0.15, 0.2) is 4.99 Å². The molecule has 164 valence electrons. The molecule has 2 aliphatic rings. The summed E-state index contributed by atoms with van der Waals surface area (Å²) in [7, 11) is 0. The first-order valence-corrected chi connectivity index (χ1v) is 11.8. The molecule has 0 aromatic rings. The van der Waals surface area contributed by atoms with Crippen molar-refractivity contribution in [3.8, 4) is 0 Å². The lowest BCUT2D eigenvalue weighted by molar-refractivity contribution is 0.0205. The van der Waals surface area contributed by atoms with Crippen LogP contribution in [0.2, 0.25) is 0 Å². The molecular weight excluding hydrogens is 352 g/mol. The van der Waals surface area contributed by atoms with E-state index >= 15 is 0 Å². The zero-order valence-corrected chi connectivity index (χ0v) is 18.2. The summed E-state index contributed by atoms with van der Waals surface area (Å²) in [6.07, 6.45) is 11.3. The second-order valence-electron chi connectivity index (χ2n) is 8.13. The van der Waals surface area contributed by atoms with Crippen molar-refractivity contribution in [2.24, 2.45) is 10.9 Å². The number of hydrogen-bond donors (Lipinski definition) is 2. The molecule has 2 saturated heterocycles. The second kappa shape index (κ2) is 16.0. The van der Waals surface area contributed by atoms with Gasteiger partial charge in [0.1, 0.15) is 0 Å². The first kappa shape index (κ1) is 23.4. The van der Waals surface area contributed by atoms with Gasteiger partial charge in [0.05, 0.1) is 0 Å². The van der Waals surface area contributed by atoms with Crippen LogP contribution >= 0.6 is 0 Å². The third-order valence-corrected chi connectivity index (χ3v) is 5.65. The van der Waals surface area contributed by atoms with Gasteiger partial charge in [-0.05, 0) is 77.4 Å². The summed E-state index contributed by atoms with van der Waals surface area (Å²) in [5.41, 5.74) is 0. The Morgan fingerprint density at radius 2 is 1.86 bits per heavy atom. The van der Waals surface area contributed by atoms with Gasteiger partial charge in [-0.3, -0.25) is 4.99 Å². The van der Waals surface area contributed by atoms with Gasteiger partial charge in [0, 0.05) is 46.1 Å². The van der Waals surface area contributed by atoms with Crippen LogP contribution in [0.5, 0.6) is 0 Å². The zero-order valence-electron chi connectivity index (χ0n) is 18.2. The van der Waals surface area contributed by atoms with Crippen molar-refractivity contribution in [2.75, 3.05) is 65.7 Å². The number of guanidine groups is 1. The molecule has 0 radical (unpaired) electrons. The van der Waals surface area contributed by atoms with Gasteiger partial charge in [-0.1, -0.05) is 12.8 Å². The van der Waals surface area contributed by atoms with Crippen molar-refractivity contribution in [3.63, 3.8) is 0 Å². The van der Waals surface area contributed by atoms with Gasteiger partial charge in [-0.2, -0.15) is 0 Å². The molecule has 0 aliphatic carbocycles. The van der Waals surface area contributed by atoms with E-state index in [-0.39, 0.29) is 0 Å². The average Bonchev–Trinajstić information content (AvgIpc) is 2.74. The van der Waals surface area contributed by atoms with E-state index < -0.39 is 0 Å². The first-order chi connectivity index (χ1) is 13.9. The molecule has 2 aliphatic heterocycles. The number of nitrogens with zero attached hydrogens (tertiary/aromatic N) is 2. The van der Waals surface area contributed by atoms with Gasteiger partial charge in [0.2, 0.25) is 0 Å². The summed E-state index contributed by atoms with van der Waals surface area (Å²) in [6, 6.07) is 0. The zero-order chi connectivity index (χ0) is 19.7. The Kier molecular flexibility index (Phi) is 13.4. The lowest BCUT2D eigenvalue weighted by Gasteiger charge is -2.26. The van der Waals surface area contributed by atoms with Crippen molar-refractivity contribution < 1.29 is 9.47 Å². The van der Waals surface area contributed by atoms with Crippen LogP contribution < -0.4 is 10.6 Å². The predicted molar refractivity (Wildman–Crippen MR) is 117 cm³/mol. The third kappa shape index (κ3) is 11.2. The van der Waals surface area contributed by atoms with Crippen molar-refractivity contribution in [2.45, 2.75) is 64.7 Å². The number of nitrogens with one attached hydrogen (secondary N) is 2. The van der Waals surface area contributed by atoms with E-state index in [1.165, 1.54) is 58.2 Å². The van der Waals surface area contributed by atoms with Gasteiger partial charge >= 0.3 is 0 Å². The lowest BCUT2D eigenvalue weighted by atomic mass is 10.0. The van der Waals surface area contributed by atoms with Gasteiger partial charge in [0.25, 0.3) is 0 Å². The highest BCUT2D eigenvalue weighted by Gasteiger charge is 2.13. The summed E-state index contributed by atoms with van der Waals surface area (Å²) >= 11 is 0. The third-order valence-electron chi connectivity index (χ3n) is 5.65. The minimum absolute atomic E-state index is 0.686. The van der Waals surface area contributed by atoms with E-state index in [1.54, 1.807) is 0 Å². The molecule has 0 aromatic heterocycles. The van der Waals surface area contributed by atoms with Crippen LogP contribution in [0.4, 0.5) is 0 Å². The van der Waals surface area contributed by atoms with Gasteiger partial charge < -0.3 is 25.0 Å². The maximum Gasteiger partial charge on any atom is 0.191 e. The largest absolute Gasteiger partial charge is 0.381 e. The van der Waals surface area contributed by atoms with Gasteiger partial charge in [-0.15, -0.1) is 0 Å². The fraction of sp³-hybridized carbons (Fsp3) is 0.955. The summed E-state index contributed by atoms with van der Waals surface area (Å²) in [4.78, 5) is 7.31. The van der Waals surface area contributed by atoms with Crippen molar-refractivity contribution in [1.82, 2.24) is 15.5 Å². The highest BCUT2D eigenvalue weighted by Crippen LogP contribution is 2.14. The van der Waals surface area contributed by atoms with Crippen molar-refractivity contribution >= 4 is 5.96 Å². The quantitative estimate of drug-likeness (QED) is 0.285. The first-order valence-electron chi connectivity index (χ1n) is 11.8. The molecule has 6 heteroatoms. The Bertz CT molecular complexity index is 394. The van der Waals surface area contributed by atoms with E-state index in [9.17, 15) is 0 Å². The molecule has 0 atom stereocenters. The smallest absolute Gasteiger partial charge is 0.191 e. The van der Waals surface area contributed by atoms with Crippen LogP contribution in [-0.4, -0.2) is 76.6 Å². The molecule has 0 amide bonds. The van der Waals surface area contributed by atoms with E-state index in [2.05, 4.69) is 27.4 Å². The average molecular weight is 397 g/mol. The number of ether oxygens (including phenoxy) is 2. The summed E-state index contributed by atoms with van der Waals surface area (Å²) < 4.78 is 11.2. The highest BCUT2D eigenvalue weighted by atomic mass is 16.5. The summed E-state index contributed by atoms with van der Waals surface area (Å²) in [5.74, 6) is 1.63. The van der Waals surface area contributed by atoms with Crippen LogP contribution in [0.3, 0.4) is 0 Å². The maximum absolute atomic E-state index is 5.82.